The maximum absolute atomic E-state index is 8.15. The Labute approximate surface area is 133 Å². The van der Waals surface area contributed by atoms with E-state index >= 15 is 0 Å². The van der Waals surface area contributed by atoms with Crippen LogP contribution in [-0.2, 0) is 0 Å². The summed E-state index contributed by atoms with van der Waals surface area (Å²) in [4.78, 5) is 4.42. The number of nitrogens with zero attached hydrogens (tertiary/aromatic N) is 1. The summed E-state index contributed by atoms with van der Waals surface area (Å²) < 4.78 is 39.7. The SMILES string of the molecule is [2H]c1c([2H])c([2H])c(-c2cccc(-c3cc(C(C)C)ccn3)c2)c([2H])c1[2H]. The summed E-state index contributed by atoms with van der Waals surface area (Å²) in [7, 11) is 0. The molecule has 0 aliphatic rings. The van der Waals surface area contributed by atoms with Gasteiger partial charge in [-0.15, -0.1) is 0 Å². The van der Waals surface area contributed by atoms with Gasteiger partial charge in [-0.25, -0.2) is 0 Å². The summed E-state index contributed by atoms with van der Waals surface area (Å²) in [5.41, 5.74) is 3.60. The summed E-state index contributed by atoms with van der Waals surface area (Å²) in [5, 5.41) is 0. The number of benzene rings is 2. The molecule has 0 amide bonds. The van der Waals surface area contributed by atoms with Gasteiger partial charge in [-0.1, -0.05) is 62.3 Å². The number of rotatable bonds is 3. The monoisotopic (exact) mass is 278 g/mol. The molecule has 0 aliphatic heterocycles. The quantitative estimate of drug-likeness (QED) is 0.613. The maximum atomic E-state index is 8.15. The molecule has 0 unspecified atom stereocenters. The highest BCUT2D eigenvalue weighted by Crippen LogP contribution is 2.26. The van der Waals surface area contributed by atoms with Gasteiger partial charge < -0.3 is 0 Å². The Kier molecular flexibility index (Phi) is 2.48. The Hall–Kier alpha value is -2.41. The Balaban J connectivity index is 2.17. The molecule has 1 nitrogen and oxygen atoms in total. The first-order valence-corrected chi connectivity index (χ1v) is 6.95. The standard InChI is InChI=1S/C20H19N/c1-15(2)17-11-12-21-20(14-17)19-10-6-9-18(13-19)16-7-4-3-5-8-16/h3-15H,1-2H3/i3D,4D,5D,7D,8D. The van der Waals surface area contributed by atoms with Crippen molar-refractivity contribution >= 4 is 0 Å². The van der Waals surface area contributed by atoms with Crippen molar-refractivity contribution < 1.29 is 6.85 Å². The molecule has 0 radical (unpaired) electrons. The van der Waals surface area contributed by atoms with Crippen LogP contribution in [0, 0.1) is 0 Å². The molecule has 0 saturated carbocycles. The van der Waals surface area contributed by atoms with E-state index in [2.05, 4.69) is 18.8 Å². The fourth-order valence-corrected chi connectivity index (χ4v) is 2.19. The minimum Gasteiger partial charge on any atom is -0.256 e. The van der Waals surface area contributed by atoms with E-state index in [0.29, 0.717) is 11.5 Å². The van der Waals surface area contributed by atoms with Gasteiger partial charge in [0, 0.05) is 11.8 Å². The van der Waals surface area contributed by atoms with Crippen molar-refractivity contribution in [2.45, 2.75) is 19.8 Å². The van der Waals surface area contributed by atoms with Crippen LogP contribution in [0.4, 0.5) is 0 Å². The van der Waals surface area contributed by atoms with Gasteiger partial charge in [-0.3, -0.25) is 4.98 Å². The Bertz CT molecular complexity index is 953. The van der Waals surface area contributed by atoms with Gasteiger partial charge in [0.2, 0.25) is 0 Å². The van der Waals surface area contributed by atoms with E-state index in [4.69, 9.17) is 6.85 Å². The van der Waals surface area contributed by atoms with Crippen LogP contribution < -0.4 is 0 Å². The number of hydrogen-bond donors (Lipinski definition) is 0. The smallest absolute Gasteiger partial charge is 0.0705 e. The van der Waals surface area contributed by atoms with E-state index in [1.165, 1.54) is 5.56 Å². The molecular formula is C20H19N. The van der Waals surface area contributed by atoms with E-state index < -0.39 is 0 Å². The predicted molar refractivity (Wildman–Crippen MR) is 89.2 cm³/mol. The number of aromatic nitrogens is 1. The minimum absolute atomic E-state index is 0.197. The predicted octanol–water partition coefficient (Wildman–Crippen LogP) is 5.54. The second-order valence-corrected chi connectivity index (χ2v) is 5.21. The van der Waals surface area contributed by atoms with Gasteiger partial charge in [-0.2, -0.15) is 0 Å². The summed E-state index contributed by atoms with van der Waals surface area (Å²) in [6, 6.07) is 9.86. The van der Waals surface area contributed by atoms with Gasteiger partial charge in [0.25, 0.3) is 0 Å². The van der Waals surface area contributed by atoms with Gasteiger partial charge in [0.05, 0.1) is 12.5 Å². The molecular weight excluding hydrogens is 254 g/mol. The molecule has 0 N–H and O–H groups in total. The lowest BCUT2D eigenvalue weighted by atomic mass is 9.99. The highest BCUT2D eigenvalue weighted by atomic mass is 14.7. The molecule has 104 valence electrons. The van der Waals surface area contributed by atoms with Crippen LogP contribution in [0.3, 0.4) is 0 Å². The summed E-state index contributed by atoms with van der Waals surface area (Å²) in [6.07, 6.45) is 1.77. The van der Waals surface area contributed by atoms with E-state index in [-0.39, 0.29) is 35.8 Å². The Morgan fingerprint density at radius 2 is 1.67 bits per heavy atom. The third kappa shape index (κ3) is 3.03. The fourth-order valence-electron chi connectivity index (χ4n) is 2.19. The van der Waals surface area contributed by atoms with Crippen LogP contribution in [0.5, 0.6) is 0 Å². The molecule has 1 heteroatoms. The normalized spacial score (nSPS) is 14.1. The van der Waals surface area contributed by atoms with Crippen molar-refractivity contribution in [1.82, 2.24) is 4.98 Å². The molecule has 1 heterocycles. The molecule has 2 aromatic carbocycles. The van der Waals surface area contributed by atoms with Crippen LogP contribution >= 0.6 is 0 Å². The van der Waals surface area contributed by atoms with Crippen molar-refractivity contribution in [1.29, 1.82) is 0 Å². The first kappa shape index (κ1) is 8.78. The van der Waals surface area contributed by atoms with Gasteiger partial charge in [0.15, 0.2) is 0 Å². The van der Waals surface area contributed by atoms with E-state index in [1.54, 1.807) is 12.3 Å². The number of pyridine rings is 1. The first-order chi connectivity index (χ1) is 12.3. The van der Waals surface area contributed by atoms with Crippen LogP contribution in [-0.4, -0.2) is 4.98 Å². The molecule has 0 aliphatic carbocycles. The highest BCUT2D eigenvalue weighted by Gasteiger charge is 2.05. The van der Waals surface area contributed by atoms with E-state index in [0.717, 1.165) is 11.3 Å². The van der Waals surface area contributed by atoms with Gasteiger partial charge >= 0.3 is 0 Å². The molecule has 21 heavy (non-hydrogen) atoms. The Morgan fingerprint density at radius 1 is 0.905 bits per heavy atom. The zero-order valence-corrected chi connectivity index (χ0v) is 12.1. The van der Waals surface area contributed by atoms with Crippen molar-refractivity contribution in [2.24, 2.45) is 0 Å². The molecule has 0 spiro atoms. The van der Waals surface area contributed by atoms with Crippen molar-refractivity contribution in [2.75, 3.05) is 0 Å². The zero-order chi connectivity index (χ0) is 19.0. The highest BCUT2D eigenvalue weighted by molar-refractivity contribution is 5.71. The minimum atomic E-state index is -0.383. The second kappa shape index (κ2) is 5.92. The van der Waals surface area contributed by atoms with Gasteiger partial charge in [-0.05, 0) is 40.8 Å². The molecule has 3 aromatic rings. The second-order valence-electron chi connectivity index (χ2n) is 5.21. The molecule has 0 bridgehead atoms. The average Bonchev–Trinajstić information content (AvgIpc) is 2.65. The van der Waals surface area contributed by atoms with Crippen LogP contribution in [0.1, 0.15) is 32.2 Å². The van der Waals surface area contributed by atoms with Crippen molar-refractivity contribution in [3.8, 4) is 22.4 Å². The van der Waals surface area contributed by atoms with Crippen LogP contribution in [0.25, 0.3) is 22.4 Å². The fraction of sp³-hybridized carbons (Fsp3) is 0.150. The summed E-state index contributed by atoms with van der Waals surface area (Å²) in [5.74, 6) is 0.376. The Morgan fingerprint density at radius 3 is 2.43 bits per heavy atom. The third-order valence-electron chi connectivity index (χ3n) is 3.40. The molecule has 3 rings (SSSR count). The topological polar surface area (TPSA) is 12.9 Å². The lowest BCUT2D eigenvalue weighted by molar-refractivity contribution is 0.864. The van der Waals surface area contributed by atoms with E-state index in [9.17, 15) is 0 Å². The van der Waals surface area contributed by atoms with Crippen LogP contribution in [0.15, 0.2) is 72.8 Å². The average molecular weight is 278 g/mol. The van der Waals surface area contributed by atoms with Crippen LogP contribution in [0.2, 0.25) is 0 Å². The maximum Gasteiger partial charge on any atom is 0.0705 e. The molecule has 0 atom stereocenters. The lowest BCUT2D eigenvalue weighted by Gasteiger charge is -2.09. The summed E-state index contributed by atoms with van der Waals surface area (Å²) >= 11 is 0. The summed E-state index contributed by atoms with van der Waals surface area (Å²) in [6.45, 7) is 4.23. The largest absolute Gasteiger partial charge is 0.256 e. The van der Waals surface area contributed by atoms with E-state index in [1.807, 2.05) is 30.3 Å². The lowest BCUT2D eigenvalue weighted by Crippen LogP contribution is -1.91. The first-order valence-electron chi connectivity index (χ1n) is 9.45. The third-order valence-corrected chi connectivity index (χ3v) is 3.40. The molecule has 0 fully saturated rings. The van der Waals surface area contributed by atoms with Crippen molar-refractivity contribution in [3.63, 3.8) is 0 Å². The molecule has 0 saturated heterocycles. The van der Waals surface area contributed by atoms with Crippen molar-refractivity contribution in [3.05, 3.63) is 78.4 Å². The number of hydrogen-bond acceptors (Lipinski definition) is 1. The molecule has 1 aromatic heterocycles. The van der Waals surface area contributed by atoms with Gasteiger partial charge in [0.1, 0.15) is 0 Å². The zero-order valence-electron chi connectivity index (χ0n) is 17.1.